The Balaban J connectivity index is 1.86. The fourth-order valence-corrected chi connectivity index (χ4v) is 3.76. The number of nitrogens with one attached hydrogen (secondary N) is 1. The van der Waals surface area contributed by atoms with Crippen LogP contribution in [0.25, 0.3) is 11.0 Å². The molecule has 1 atom stereocenters. The molecule has 2 fully saturated rings. The Bertz CT molecular complexity index is 879. The molecule has 0 aliphatic carbocycles. The van der Waals surface area contributed by atoms with Crippen molar-refractivity contribution in [3.05, 3.63) is 39.5 Å². The monoisotopic (exact) mass is 358 g/mol. The Hall–Kier alpha value is -2.38. The predicted octanol–water partition coefficient (Wildman–Crippen LogP) is 1.68. The van der Waals surface area contributed by atoms with E-state index in [1.165, 1.54) is 6.07 Å². The van der Waals surface area contributed by atoms with Crippen molar-refractivity contribution in [2.75, 3.05) is 37.7 Å². The third-order valence-electron chi connectivity index (χ3n) is 5.02. The zero-order valence-corrected chi connectivity index (χ0v) is 14.5. The van der Waals surface area contributed by atoms with Crippen LogP contribution in [0.5, 0.6) is 0 Å². The molecule has 0 bridgehead atoms. The second-order valence-corrected chi connectivity index (χ2v) is 6.83. The van der Waals surface area contributed by atoms with Gasteiger partial charge < -0.3 is 24.5 Å². The lowest BCUT2D eigenvalue weighted by Crippen LogP contribution is -2.36. The molecule has 4 rings (SSSR count). The van der Waals surface area contributed by atoms with Gasteiger partial charge in [-0.3, -0.25) is 9.59 Å². The van der Waals surface area contributed by atoms with Gasteiger partial charge in [-0.15, -0.1) is 0 Å². The van der Waals surface area contributed by atoms with Crippen molar-refractivity contribution in [3.63, 3.8) is 0 Å². The number of carbonyl (C=O) groups is 1. The molecule has 0 amide bonds. The summed E-state index contributed by atoms with van der Waals surface area (Å²) in [5.74, 6) is -0.361. The zero-order chi connectivity index (χ0) is 18.1. The number of hydrogen-bond donors (Lipinski definition) is 2. The van der Waals surface area contributed by atoms with Crippen LogP contribution in [0.1, 0.15) is 30.0 Å². The van der Waals surface area contributed by atoms with E-state index in [2.05, 4.69) is 5.32 Å². The van der Waals surface area contributed by atoms with Crippen molar-refractivity contribution < 1.29 is 19.1 Å². The quantitative estimate of drug-likeness (QED) is 0.859. The van der Waals surface area contributed by atoms with E-state index in [9.17, 15) is 9.59 Å². The van der Waals surface area contributed by atoms with Crippen molar-refractivity contribution >= 4 is 22.8 Å². The average molecular weight is 358 g/mol. The molecule has 2 aromatic rings. The number of hydrogen-bond acceptors (Lipinski definition) is 6. The molecule has 1 aromatic carbocycles. The van der Waals surface area contributed by atoms with Crippen molar-refractivity contribution in [2.24, 2.45) is 0 Å². The van der Waals surface area contributed by atoms with Gasteiger partial charge in [0.05, 0.1) is 25.0 Å². The summed E-state index contributed by atoms with van der Waals surface area (Å²) in [5.41, 5.74) is 1.93. The van der Waals surface area contributed by atoms with Crippen LogP contribution < -0.4 is 15.6 Å². The summed E-state index contributed by atoms with van der Waals surface area (Å²) >= 11 is 0. The molecule has 3 heterocycles. The van der Waals surface area contributed by atoms with E-state index in [1.54, 1.807) is 6.07 Å². The molecular weight excluding hydrogens is 336 g/mol. The number of rotatable bonds is 4. The molecule has 2 aliphatic heterocycles. The molecule has 7 heteroatoms. The minimum Gasteiger partial charge on any atom is -0.481 e. The highest BCUT2D eigenvalue weighted by Crippen LogP contribution is 2.32. The highest BCUT2D eigenvalue weighted by Gasteiger charge is 2.23. The molecule has 0 spiro atoms. The molecule has 0 radical (unpaired) electrons. The molecule has 0 saturated carbocycles. The highest BCUT2D eigenvalue weighted by molar-refractivity contribution is 5.84. The summed E-state index contributed by atoms with van der Waals surface area (Å²) in [7, 11) is 0. The molecule has 26 heavy (non-hydrogen) atoms. The molecule has 2 saturated heterocycles. The maximum absolute atomic E-state index is 12.8. The number of ether oxygens (including phenoxy) is 1. The molecule has 2 N–H and O–H groups in total. The van der Waals surface area contributed by atoms with E-state index in [4.69, 9.17) is 14.3 Å². The second kappa shape index (κ2) is 7.09. The number of benzene rings is 1. The highest BCUT2D eigenvalue weighted by atomic mass is 16.5. The lowest BCUT2D eigenvalue weighted by Gasteiger charge is -2.27. The van der Waals surface area contributed by atoms with Crippen LogP contribution in [0.2, 0.25) is 0 Å². The van der Waals surface area contributed by atoms with Gasteiger partial charge in [0.2, 0.25) is 0 Å². The fourth-order valence-electron chi connectivity index (χ4n) is 3.76. The molecule has 7 nitrogen and oxygen atoms in total. The van der Waals surface area contributed by atoms with Gasteiger partial charge in [0.15, 0.2) is 11.3 Å². The Morgan fingerprint density at radius 2 is 2.08 bits per heavy atom. The van der Waals surface area contributed by atoms with Gasteiger partial charge in [-0.1, -0.05) is 0 Å². The van der Waals surface area contributed by atoms with Crippen LogP contribution in [0, 0.1) is 0 Å². The SMILES string of the molecule is O=C(O)Cc1cc([C@H]2CCCN2)c2oc(N3CCOCC3)cc(=O)c2c1. The number of nitrogens with zero attached hydrogens (tertiary/aromatic N) is 1. The van der Waals surface area contributed by atoms with Gasteiger partial charge in [-0.05, 0) is 37.1 Å². The molecule has 1 aromatic heterocycles. The third-order valence-corrected chi connectivity index (χ3v) is 5.02. The number of morpholine rings is 1. The lowest BCUT2D eigenvalue weighted by molar-refractivity contribution is -0.136. The number of aliphatic carboxylic acids is 1. The van der Waals surface area contributed by atoms with Crippen molar-refractivity contribution in [1.29, 1.82) is 0 Å². The maximum atomic E-state index is 12.8. The second-order valence-electron chi connectivity index (χ2n) is 6.83. The summed E-state index contributed by atoms with van der Waals surface area (Å²) < 4.78 is 11.5. The number of anilines is 1. The van der Waals surface area contributed by atoms with Crippen LogP contribution >= 0.6 is 0 Å². The summed E-state index contributed by atoms with van der Waals surface area (Å²) in [6.07, 6.45) is 1.88. The zero-order valence-electron chi connectivity index (χ0n) is 14.5. The minimum atomic E-state index is -0.913. The van der Waals surface area contributed by atoms with E-state index < -0.39 is 5.97 Å². The number of fused-ring (bicyclic) bond motifs is 1. The van der Waals surface area contributed by atoms with E-state index in [0.29, 0.717) is 48.7 Å². The standard InChI is InChI=1S/C19H22N2O5/c22-16-11-17(21-4-6-25-7-5-21)26-19-13(15-2-1-3-20-15)8-12(9-14(16)19)10-18(23)24/h8-9,11,15,20H,1-7,10H2,(H,23,24)/t15-/m1/s1. The fraction of sp³-hybridized carbons (Fsp3) is 0.474. The van der Waals surface area contributed by atoms with Crippen LogP contribution in [0.3, 0.4) is 0 Å². The Kier molecular flexibility index (Phi) is 4.65. The van der Waals surface area contributed by atoms with Gasteiger partial charge in [0.1, 0.15) is 5.58 Å². The molecule has 0 unspecified atom stereocenters. The molecular formula is C19H22N2O5. The van der Waals surface area contributed by atoms with Gasteiger partial charge in [0, 0.05) is 30.8 Å². The lowest BCUT2D eigenvalue weighted by atomic mass is 9.97. The summed E-state index contributed by atoms with van der Waals surface area (Å²) in [5, 5.41) is 13.0. The summed E-state index contributed by atoms with van der Waals surface area (Å²) in [6.45, 7) is 3.49. The van der Waals surface area contributed by atoms with E-state index in [-0.39, 0.29) is 17.9 Å². The smallest absolute Gasteiger partial charge is 0.307 e. The van der Waals surface area contributed by atoms with Gasteiger partial charge in [-0.2, -0.15) is 0 Å². The summed E-state index contributed by atoms with van der Waals surface area (Å²) in [6, 6.07) is 5.10. The Morgan fingerprint density at radius 3 is 2.77 bits per heavy atom. The first-order chi connectivity index (χ1) is 12.6. The predicted molar refractivity (Wildman–Crippen MR) is 96.8 cm³/mol. The van der Waals surface area contributed by atoms with Crippen LogP contribution in [-0.2, 0) is 16.0 Å². The third kappa shape index (κ3) is 3.32. The minimum absolute atomic E-state index is 0.0781. The van der Waals surface area contributed by atoms with Crippen molar-refractivity contribution in [1.82, 2.24) is 5.32 Å². The van der Waals surface area contributed by atoms with E-state index >= 15 is 0 Å². The number of carboxylic acid groups (broad SMARTS) is 1. The van der Waals surface area contributed by atoms with Crippen LogP contribution in [0.15, 0.2) is 27.4 Å². The average Bonchev–Trinajstić information content (AvgIpc) is 3.16. The van der Waals surface area contributed by atoms with Crippen molar-refractivity contribution in [2.45, 2.75) is 25.3 Å². The van der Waals surface area contributed by atoms with Crippen molar-refractivity contribution in [3.8, 4) is 0 Å². The van der Waals surface area contributed by atoms with Gasteiger partial charge in [-0.25, -0.2) is 0 Å². The molecule has 2 aliphatic rings. The van der Waals surface area contributed by atoms with Gasteiger partial charge >= 0.3 is 5.97 Å². The maximum Gasteiger partial charge on any atom is 0.307 e. The Morgan fingerprint density at radius 1 is 1.27 bits per heavy atom. The normalized spacial score (nSPS) is 20.6. The van der Waals surface area contributed by atoms with Crippen LogP contribution in [-0.4, -0.2) is 43.9 Å². The Labute approximate surface area is 150 Å². The topological polar surface area (TPSA) is 92.0 Å². The first-order valence-electron chi connectivity index (χ1n) is 9.00. The first kappa shape index (κ1) is 17.1. The van der Waals surface area contributed by atoms with E-state index in [0.717, 1.165) is 24.9 Å². The molecule has 138 valence electrons. The largest absolute Gasteiger partial charge is 0.481 e. The van der Waals surface area contributed by atoms with E-state index in [1.807, 2.05) is 11.0 Å². The van der Waals surface area contributed by atoms with Crippen LogP contribution in [0.4, 0.5) is 5.88 Å². The first-order valence-corrected chi connectivity index (χ1v) is 9.00. The number of carboxylic acids is 1. The summed E-state index contributed by atoms with van der Waals surface area (Å²) in [4.78, 5) is 25.9. The van der Waals surface area contributed by atoms with Gasteiger partial charge in [0.25, 0.3) is 0 Å².